The van der Waals surface area contributed by atoms with Crippen LogP contribution in [0.5, 0.6) is 0 Å². The Morgan fingerprint density at radius 3 is 3.11 bits per heavy atom. The highest BCUT2D eigenvalue weighted by molar-refractivity contribution is 5.82. The quantitative estimate of drug-likeness (QED) is 0.801. The van der Waals surface area contributed by atoms with Crippen molar-refractivity contribution < 1.29 is 9.36 Å². The maximum atomic E-state index is 11.7. The smallest absolute Gasteiger partial charge is 0.392 e. The molecule has 1 aromatic rings. The Morgan fingerprint density at radius 1 is 1.44 bits per heavy atom. The van der Waals surface area contributed by atoms with Gasteiger partial charge in [-0.3, -0.25) is 9.09 Å². The van der Waals surface area contributed by atoms with Crippen LogP contribution in [0.3, 0.4) is 0 Å². The van der Waals surface area contributed by atoms with Gasteiger partial charge in [-0.15, -0.1) is 0 Å². The third-order valence-electron chi connectivity index (χ3n) is 3.67. The zero-order chi connectivity index (χ0) is 12.5. The molecule has 0 radical (unpaired) electrons. The molecule has 0 saturated heterocycles. The molecule has 0 bridgehead atoms. The summed E-state index contributed by atoms with van der Waals surface area (Å²) in [4.78, 5) is 17.1. The Labute approximate surface area is 105 Å². The van der Waals surface area contributed by atoms with E-state index in [-0.39, 0.29) is 17.9 Å². The van der Waals surface area contributed by atoms with Crippen LogP contribution in [0.15, 0.2) is 14.5 Å². The molecule has 6 nitrogen and oxygen atoms in total. The fraction of sp³-hybridized carbons (Fsp3) is 0.750. The number of nitrogens with zero attached hydrogens (tertiary/aromatic N) is 3. The summed E-state index contributed by atoms with van der Waals surface area (Å²) >= 11 is 0. The predicted molar refractivity (Wildman–Crippen MR) is 64.6 cm³/mol. The summed E-state index contributed by atoms with van der Waals surface area (Å²) in [5.41, 5.74) is 1.02. The first-order valence-corrected chi connectivity index (χ1v) is 6.50. The van der Waals surface area contributed by atoms with Gasteiger partial charge in [-0.1, -0.05) is 16.7 Å². The number of fused-ring (bicyclic) bond motifs is 1. The molecule has 0 aliphatic carbocycles. The van der Waals surface area contributed by atoms with Crippen molar-refractivity contribution in [1.82, 2.24) is 9.72 Å². The van der Waals surface area contributed by atoms with E-state index in [1.165, 1.54) is 0 Å². The molecule has 98 valence electrons. The molecule has 0 N–H and O–H groups in total. The van der Waals surface area contributed by atoms with Gasteiger partial charge in [0.15, 0.2) is 5.82 Å². The number of hydrogen-bond donors (Lipinski definition) is 0. The molecule has 2 aliphatic rings. The van der Waals surface area contributed by atoms with Gasteiger partial charge in [0.1, 0.15) is 6.10 Å². The third-order valence-corrected chi connectivity index (χ3v) is 3.67. The second-order valence-electron chi connectivity index (χ2n) is 5.13. The standard InChI is InChI=1S/C12H17N3O3/c1-8-6-10(17-13-8)7-9-4-2-3-5-11-14-18-12(16)15(9)11/h9-10H,2-7H2,1H3. The van der Waals surface area contributed by atoms with Crippen LogP contribution < -0.4 is 5.76 Å². The van der Waals surface area contributed by atoms with Crippen LogP contribution in [0, 0.1) is 0 Å². The van der Waals surface area contributed by atoms with Crippen molar-refractivity contribution in [1.29, 1.82) is 0 Å². The minimum atomic E-state index is -0.340. The second-order valence-corrected chi connectivity index (χ2v) is 5.13. The molecule has 0 spiro atoms. The van der Waals surface area contributed by atoms with E-state index in [0.29, 0.717) is 0 Å². The van der Waals surface area contributed by atoms with E-state index in [4.69, 9.17) is 9.36 Å². The van der Waals surface area contributed by atoms with Crippen LogP contribution in [0.1, 0.15) is 50.9 Å². The molecule has 0 fully saturated rings. The van der Waals surface area contributed by atoms with Crippen molar-refractivity contribution in [3.05, 3.63) is 16.4 Å². The predicted octanol–water partition coefficient (Wildman–Crippen LogP) is 1.66. The van der Waals surface area contributed by atoms with E-state index in [2.05, 4.69) is 10.3 Å². The minimum absolute atomic E-state index is 0.0859. The molecule has 2 atom stereocenters. The summed E-state index contributed by atoms with van der Waals surface area (Å²) in [6, 6.07) is 0.132. The normalized spacial score (nSPS) is 27.3. The van der Waals surface area contributed by atoms with Crippen molar-refractivity contribution in [3.63, 3.8) is 0 Å². The maximum Gasteiger partial charge on any atom is 0.441 e. The molecule has 3 heterocycles. The first kappa shape index (κ1) is 11.5. The van der Waals surface area contributed by atoms with Crippen molar-refractivity contribution in [2.45, 2.75) is 57.6 Å². The average Bonchev–Trinajstić information content (AvgIpc) is 2.84. The van der Waals surface area contributed by atoms with Gasteiger partial charge in [0.25, 0.3) is 0 Å². The monoisotopic (exact) mass is 251 g/mol. The van der Waals surface area contributed by atoms with Crippen molar-refractivity contribution in [2.24, 2.45) is 5.16 Å². The lowest BCUT2D eigenvalue weighted by Crippen LogP contribution is -2.25. The Balaban J connectivity index is 1.79. The lowest BCUT2D eigenvalue weighted by atomic mass is 10.0. The molecular formula is C12H17N3O3. The molecule has 6 heteroatoms. The summed E-state index contributed by atoms with van der Waals surface area (Å²) in [6.07, 6.45) is 5.71. The van der Waals surface area contributed by atoms with E-state index in [0.717, 1.165) is 50.1 Å². The second kappa shape index (κ2) is 4.59. The van der Waals surface area contributed by atoms with Crippen LogP contribution in [0.25, 0.3) is 0 Å². The van der Waals surface area contributed by atoms with Gasteiger partial charge in [0.05, 0.1) is 5.71 Å². The van der Waals surface area contributed by atoms with Crippen molar-refractivity contribution >= 4 is 5.71 Å². The Morgan fingerprint density at radius 2 is 2.33 bits per heavy atom. The van der Waals surface area contributed by atoms with Gasteiger partial charge < -0.3 is 4.84 Å². The van der Waals surface area contributed by atoms with Gasteiger partial charge in [0.2, 0.25) is 0 Å². The van der Waals surface area contributed by atoms with Crippen LogP contribution in [0.4, 0.5) is 0 Å². The van der Waals surface area contributed by atoms with Gasteiger partial charge in [-0.25, -0.2) is 4.79 Å². The number of hydrogen-bond acceptors (Lipinski definition) is 5. The highest BCUT2D eigenvalue weighted by Crippen LogP contribution is 2.28. The molecule has 2 aliphatic heterocycles. The summed E-state index contributed by atoms with van der Waals surface area (Å²) < 4.78 is 6.49. The Bertz CT molecular complexity index is 517. The van der Waals surface area contributed by atoms with Gasteiger partial charge in [-0.2, -0.15) is 0 Å². The van der Waals surface area contributed by atoms with Crippen LogP contribution in [-0.2, 0) is 11.3 Å². The molecular weight excluding hydrogens is 234 g/mol. The van der Waals surface area contributed by atoms with Crippen LogP contribution >= 0.6 is 0 Å². The highest BCUT2D eigenvalue weighted by Gasteiger charge is 2.28. The van der Waals surface area contributed by atoms with Crippen molar-refractivity contribution in [3.8, 4) is 0 Å². The third kappa shape index (κ3) is 2.07. The molecule has 2 unspecified atom stereocenters. The van der Waals surface area contributed by atoms with Crippen molar-refractivity contribution in [2.75, 3.05) is 0 Å². The van der Waals surface area contributed by atoms with Gasteiger partial charge in [-0.05, 0) is 19.8 Å². The fourth-order valence-corrected chi connectivity index (χ4v) is 2.82. The first-order chi connectivity index (χ1) is 8.74. The topological polar surface area (TPSA) is 69.6 Å². The maximum absolute atomic E-state index is 11.7. The molecule has 18 heavy (non-hydrogen) atoms. The number of aromatic nitrogens is 2. The van der Waals surface area contributed by atoms with Gasteiger partial charge >= 0.3 is 5.76 Å². The molecule has 0 amide bonds. The number of aryl methyl sites for hydroxylation is 1. The average molecular weight is 251 g/mol. The lowest BCUT2D eigenvalue weighted by molar-refractivity contribution is 0.0653. The molecule has 3 rings (SSSR count). The van der Waals surface area contributed by atoms with E-state index in [1.807, 2.05) is 6.92 Å². The van der Waals surface area contributed by atoms with E-state index in [1.54, 1.807) is 4.57 Å². The lowest BCUT2D eigenvalue weighted by Gasteiger charge is -2.18. The van der Waals surface area contributed by atoms with Gasteiger partial charge in [0, 0.05) is 25.3 Å². The summed E-state index contributed by atoms with van der Waals surface area (Å²) in [5.74, 6) is 0.436. The zero-order valence-electron chi connectivity index (χ0n) is 10.5. The van der Waals surface area contributed by atoms with E-state index >= 15 is 0 Å². The van der Waals surface area contributed by atoms with E-state index in [9.17, 15) is 4.79 Å². The fourth-order valence-electron chi connectivity index (χ4n) is 2.82. The zero-order valence-corrected chi connectivity index (χ0v) is 10.5. The molecule has 0 aromatic carbocycles. The minimum Gasteiger partial charge on any atom is -0.392 e. The molecule has 0 saturated carbocycles. The Hall–Kier alpha value is -1.59. The van der Waals surface area contributed by atoms with Crippen LogP contribution in [-0.4, -0.2) is 21.5 Å². The summed E-state index contributed by atoms with van der Waals surface area (Å²) in [6.45, 7) is 1.96. The SMILES string of the molecule is CC1=NOC(CC2CCCCc3noc(=O)n32)C1. The summed E-state index contributed by atoms with van der Waals surface area (Å²) in [7, 11) is 0. The summed E-state index contributed by atoms with van der Waals surface area (Å²) in [5, 5.41) is 7.82. The molecule has 1 aromatic heterocycles. The number of oxime groups is 1. The van der Waals surface area contributed by atoms with E-state index < -0.39 is 0 Å². The number of rotatable bonds is 2. The van der Waals surface area contributed by atoms with Crippen LogP contribution in [0.2, 0.25) is 0 Å². The Kier molecular flexibility index (Phi) is 2.93. The largest absolute Gasteiger partial charge is 0.441 e. The highest BCUT2D eigenvalue weighted by atomic mass is 16.6. The first-order valence-electron chi connectivity index (χ1n) is 6.50.